The van der Waals surface area contributed by atoms with Crippen molar-refractivity contribution in [3.8, 4) is 0 Å². The molecule has 6 heteroatoms. The first kappa shape index (κ1) is 12.9. The highest BCUT2D eigenvalue weighted by Gasteiger charge is 2.28. The van der Waals surface area contributed by atoms with Gasteiger partial charge in [-0.2, -0.15) is 5.10 Å². The lowest BCUT2D eigenvalue weighted by Gasteiger charge is -2.30. The third-order valence-corrected chi connectivity index (χ3v) is 3.53. The molecule has 1 amide bonds. The first-order valence-electron chi connectivity index (χ1n) is 6.41. The van der Waals surface area contributed by atoms with Crippen LogP contribution >= 0.6 is 0 Å². The molecular formula is C12H21N5O. The zero-order chi connectivity index (χ0) is 13.1. The summed E-state index contributed by atoms with van der Waals surface area (Å²) in [5, 5.41) is 6.43. The van der Waals surface area contributed by atoms with Gasteiger partial charge < -0.3 is 15.5 Å². The highest BCUT2D eigenvalue weighted by molar-refractivity contribution is 5.98. The Morgan fingerprint density at radius 3 is 3.00 bits per heavy atom. The normalized spacial score (nSPS) is 21.9. The Morgan fingerprint density at radius 2 is 2.39 bits per heavy atom. The minimum absolute atomic E-state index is 0.0107. The van der Waals surface area contributed by atoms with Crippen molar-refractivity contribution in [2.75, 3.05) is 32.4 Å². The third kappa shape index (κ3) is 2.48. The minimum atomic E-state index is -0.0107. The molecule has 1 aliphatic rings. The molecule has 1 unspecified atom stereocenters. The maximum atomic E-state index is 12.5. The van der Waals surface area contributed by atoms with E-state index in [9.17, 15) is 4.79 Å². The molecule has 0 aliphatic carbocycles. The van der Waals surface area contributed by atoms with Gasteiger partial charge in [-0.3, -0.25) is 9.89 Å². The summed E-state index contributed by atoms with van der Waals surface area (Å²) in [6.45, 7) is 4.84. The van der Waals surface area contributed by atoms with Gasteiger partial charge in [-0.15, -0.1) is 0 Å². The van der Waals surface area contributed by atoms with Gasteiger partial charge in [0.25, 0.3) is 5.91 Å². The van der Waals surface area contributed by atoms with Crippen LogP contribution in [0.3, 0.4) is 0 Å². The molecular weight excluding hydrogens is 230 g/mol. The van der Waals surface area contributed by atoms with E-state index in [-0.39, 0.29) is 11.9 Å². The van der Waals surface area contributed by atoms with Crippen LogP contribution in [-0.2, 0) is 0 Å². The zero-order valence-corrected chi connectivity index (χ0v) is 11.0. The number of nitrogens with zero attached hydrogens (tertiary/aromatic N) is 3. The van der Waals surface area contributed by atoms with Gasteiger partial charge in [0, 0.05) is 19.1 Å². The van der Waals surface area contributed by atoms with E-state index in [1.165, 1.54) is 6.20 Å². The summed E-state index contributed by atoms with van der Waals surface area (Å²) in [4.78, 5) is 16.7. The van der Waals surface area contributed by atoms with Crippen molar-refractivity contribution in [1.82, 2.24) is 20.0 Å². The number of carbonyl (C=O) groups excluding carboxylic acids is 1. The molecule has 6 nitrogen and oxygen atoms in total. The first-order chi connectivity index (χ1) is 8.63. The van der Waals surface area contributed by atoms with Crippen molar-refractivity contribution in [2.24, 2.45) is 0 Å². The maximum absolute atomic E-state index is 12.5. The number of H-pyrrole nitrogens is 1. The second-order valence-corrected chi connectivity index (χ2v) is 4.87. The zero-order valence-electron chi connectivity index (χ0n) is 11.0. The summed E-state index contributed by atoms with van der Waals surface area (Å²) < 4.78 is 0. The number of nitrogens with one attached hydrogen (secondary N) is 1. The minimum Gasteiger partial charge on any atom is -0.383 e. The fourth-order valence-corrected chi connectivity index (χ4v) is 2.48. The van der Waals surface area contributed by atoms with Crippen LogP contribution in [-0.4, -0.2) is 58.6 Å². The summed E-state index contributed by atoms with van der Waals surface area (Å²) in [5.74, 6) is 0.343. The fraction of sp³-hybridized carbons (Fsp3) is 0.667. The van der Waals surface area contributed by atoms with Gasteiger partial charge in [0.1, 0.15) is 11.4 Å². The topological polar surface area (TPSA) is 78.2 Å². The molecule has 1 saturated heterocycles. The van der Waals surface area contributed by atoms with Gasteiger partial charge in [-0.05, 0) is 26.4 Å². The number of aromatic amines is 1. The van der Waals surface area contributed by atoms with Gasteiger partial charge >= 0.3 is 0 Å². The van der Waals surface area contributed by atoms with Crippen molar-refractivity contribution in [1.29, 1.82) is 0 Å². The van der Waals surface area contributed by atoms with Crippen LogP contribution < -0.4 is 5.73 Å². The van der Waals surface area contributed by atoms with Crippen molar-refractivity contribution < 1.29 is 4.79 Å². The number of rotatable bonds is 2. The Morgan fingerprint density at radius 1 is 1.61 bits per heavy atom. The molecule has 1 fully saturated rings. The molecule has 1 aliphatic heterocycles. The van der Waals surface area contributed by atoms with E-state index in [1.54, 1.807) is 0 Å². The molecule has 1 atom stereocenters. The Labute approximate surface area is 107 Å². The largest absolute Gasteiger partial charge is 0.383 e. The van der Waals surface area contributed by atoms with E-state index in [2.05, 4.69) is 29.1 Å². The van der Waals surface area contributed by atoms with E-state index in [0.717, 1.165) is 32.5 Å². The molecule has 0 saturated carbocycles. The van der Waals surface area contributed by atoms with Crippen molar-refractivity contribution in [3.63, 3.8) is 0 Å². The van der Waals surface area contributed by atoms with Crippen LogP contribution in [0, 0.1) is 0 Å². The highest BCUT2D eigenvalue weighted by atomic mass is 16.2. The quantitative estimate of drug-likeness (QED) is 0.804. The molecule has 0 spiro atoms. The maximum Gasteiger partial charge on any atom is 0.259 e. The molecule has 1 aromatic rings. The predicted octanol–water partition coefficient (Wildman–Crippen LogP) is 0.548. The van der Waals surface area contributed by atoms with E-state index >= 15 is 0 Å². The smallest absolute Gasteiger partial charge is 0.259 e. The fourth-order valence-electron chi connectivity index (χ4n) is 2.48. The second kappa shape index (κ2) is 5.39. The van der Waals surface area contributed by atoms with Gasteiger partial charge in [0.15, 0.2) is 0 Å². The van der Waals surface area contributed by atoms with E-state index in [0.29, 0.717) is 11.4 Å². The second-order valence-electron chi connectivity index (χ2n) is 4.87. The molecule has 2 rings (SSSR count). The molecule has 0 bridgehead atoms. The Bertz CT molecular complexity index is 416. The average Bonchev–Trinajstić information content (AvgIpc) is 2.68. The monoisotopic (exact) mass is 251 g/mol. The number of carbonyl (C=O) groups is 1. The SMILES string of the molecule is CCC1CN(C)CCCN1C(=O)c1cn[nH]c1N. The molecule has 100 valence electrons. The van der Waals surface area contributed by atoms with Crippen LogP contribution in [0.5, 0.6) is 0 Å². The Hall–Kier alpha value is -1.56. The summed E-state index contributed by atoms with van der Waals surface area (Å²) >= 11 is 0. The number of aromatic nitrogens is 2. The third-order valence-electron chi connectivity index (χ3n) is 3.53. The molecule has 3 N–H and O–H groups in total. The number of likely N-dealkylation sites (N-methyl/N-ethyl adjacent to an activating group) is 1. The number of hydrogen-bond donors (Lipinski definition) is 2. The summed E-state index contributed by atoms with van der Waals surface area (Å²) in [6.07, 6.45) is 3.46. The van der Waals surface area contributed by atoms with Crippen molar-refractivity contribution in [3.05, 3.63) is 11.8 Å². The number of nitrogens with two attached hydrogens (primary N) is 1. The lowest BCUT2D eigenvalue weighted by Crippen LogP contribution is -2.43. The average molecular weight is 251 g/mol. The van der Waals surface area contributed by atoms with Crippen molar-refractivity contribution in [2.45, 2.75) is 25.8 Å². The summed E-state index contributed by atoms with van der Waals surface area (Å²) in [6, 6.07) is 0.249. The van der Waals surface area contributed by atoms with Crippen LogP contribution in [0.4, 0.5) is 5.82 Å². The van der Waals surface area contributed by atoms with Gasteiger partial charge in [0.05, 0.1) is 6.20 Å². The number of hydrogen-bond acceptors (Lipinski definition) is 4. The molecule has 1 aromatic heterocycles. The highest BCUT2D eigenvalue weighted by Crippen LogP contribution is 2.17. The lowest BCUT2D eigenvalue weighted by atomic mass is 10.1. The van der Waals surface area contributed by atoms with Gasteiger partial charge in [-0.25, -0.2) is 0 Å². The predicted molar refractivity (Wildman–Crippen MR) is 70.2 cm³/mol. The lowest BCUT2D eigenvalue weighted by molar-refractivity contribution is 0.0677. The van der Waals surface area contributed by atoms with Crippen LogP contribution in [0.1, 0.15) is 30.1 Å². The Kier molecular flexibility index (Phi) is 3.86. The number of anilines is 1. The Balaban J connectivity index is 2.19. The number of nitrogen functional groups attached to an aromatic ring is 1. The van der Waals surface area contributed by atoms with Gasteiger partial charge in [-0.1, -0.05) is 6.92 Å². The molecule has 0 radical (unpaired) electrons. The molecule has 2 heterocycles. The summed E-state index contributed by atoms with van der Waals surface area (Å²) in [5.41, 5.74) is 6.21. The summed E-state index contributed by atoms with van der Waals surface area (Å²) in [7, 11) is 2.10. The van der Waals surface area contributed by atoms with E-state index < -0.39 is 0 Å². The van der Waals surface area contributed by atoms with Gasteiger partial charge in [0.2, 0.25) is 0 Å². The van der Waals surface area contributed by atoms with Crippen LogP contribution in [0.15, 0.2) is 6.20 Å². The van der Waals surface area contributed by atoms with Crippen LogP contribution in [0.2, 0.25) is 0 Å². The molecule has 0 aromatic carbocycles. The van der Waals surface area contributed by atoms with Crippen molar-refractivity contribution >= 4 is 11.7 Å². The first-order valence-corrected chi connectivity index (χ1v) is 6.41. The standard InChI is InChI=1S/C12H21N5O/c1-3-9-8-16(2)5-4-6-17(9)12(18)10-7-14-15-11(10)13/h7,9H,3-6,8H2,1-2H3,(H3,13,14,15). The number of amides is 1. The van der Waals surface area contributed by atoms with E-state index in [4.69, 9.17) is 5.73 Å². The van der Waals surface area contributed by atoms with E-state index in [1.807, 2.05) is 4.90 Å². The van der Waals surface area contributed by atoms with Crippen LogP contribution in [0.25, 0.3) is 0 Å². The molecule has 18 heavy (non-hydrogen) atoms.